The van der Waals surface area contributed by atoms with Gasteiger partial charge in [-0.2, -0.15) is 13.2 Å². The van der Waals surface area contributed by atoms with Crippen molar-refractivity contribution >= 4 is 48.0 Å². The van der Waals surface area contributed by atoms with Crippen LogP contribution < -0.4 is 10.5 Å². The summed E-state index contributed by atoms with van der Waals surface area (Å²) in [4.78, 5) is 15.4. The Kier molecular flexibility index (Phi) is 9.32. The van der Waals surface area contributed by atoms with E-state index in [2.05, 4.69) is 0 Å². The van der Waals surface area contributed by atoms with Crippen molar-refractivity contribution in [1.29, 1.82) is 0 Å². The van der Waals surface area contributed by atoms with Gasteiger partial charge in [-0.05, 0) is 13.0 Å². The number of alkyl halides is 3. The molecule has 1 amide bonds. The lowest BCUT2D eigenvalue weighted by atomic mass is 10.1. The van der Waals surface area contributed by atoms with Crippen LogP contribution in [0.15, 0.2) is 12.1 Å². The summed E-state index contributed by atoms with van der Waals surface area (Å²) < 4.78 is 43.5. The number of nitrogens with two attached hydrogens (primary N) is 1. The Morgan fingerprint density at radius 1 is 1.23 bits per heavy atom. The van der Waals surface area contributed by atoms with Crippen molar-refractivity contribution in [1.82, 2.24) is 9.80 Å². The molecule has 0 radical (unpaired) electrons. The largest absolute Gasteiger partial charge is 0.496 e. The number of piperazine rings is 1. The van der Waals surface area contributed by atoms with E-state index >= 15 is 0 Å². The van der Waals surface area contributed by atoms with Crippen LogP contribution in [0.3, 0.4) is 0 Å². The second kappa shape index (κ2) is 9.73. The van der Waals surface area contributed by atoms with Crippen LogP contribution >= 0.6 is 36.4 Å². The molecule has 5 nitrogen and oxygen atoms in total. The third kappa shape index (κ3) is 5.45. The molecule has 2 N–H and O–H groups in total. The molecule has 1 aromatic rings. The second-order valence-corrected chi connectivity index (χ2v) is 6.03. The molecule has 1 aliphatic rings. The van der Waals surface area contributed by atoms with Crippen LogP contribution in [0.4, 0.5) is 18.9 Å². The standard InChI is InChI=1S/C15H19ClF3N3O2.2ClH/c1-9(15(17,18)19)21-3-5-22(6-4-21)14(23)10-7-11(16)12(20)8-13(10)24-2;;/h7-9H,3-6,20H2,1-2H3;2*1H. The fourth-order valence-corrected chi connectivity index (χ4v) is 2.76. The van der Waals surface area contributed by atoms with Crippen LogP contribution in [0.1, 0.15) is 17.3 Å². The quantitative estimate of drug-likeness (QED) is 0.734. The lowest BCUT2D eigenvalue weighted by molar-refractivity contribution is -0.181. The molecule has 1 heterocycles. The van der Waals surface area contributed by atoms with Gasteiger partial charge in [0.2, 0.25) is 0 Å². The Hall–Kier alpha value is -1.09. The van der Waals surface area contributed by atoms with E-state index in [1.807, 2.05) is 0 Å². The summed E-state index contributed by atoms with van der Waals surface area (Å²) in [7, 11) is 1.41. The number of nitrogens with zero attached hydrogens (tertiary/aromatic N) is 2. The summed E-state index contributed by atoms with van der Waals surface area (Å²) in [6.45, 7) is 1.82. The minimum absolute atomic E-state index is 0. The third-order valence-electron chi connectivity index (χ3n) is 4.17. The van der Waals surface area contributed by atoms with E-state index in [4.69, 9.17) is 22.1 Å². The molecule has 1 unspecified atom stereocenters. The van der Waals surface area contributed by atoms with Crippen LogP contribution in [-0.2, 0) is 0 Å². The van der Waals surface area contributed by atoms with Crippen LogP contribution in [0.2, 0.25) is 5.02 Å². The number of ether oxygens (including phenoxy) is 1. The molecule has 1 atom stereocenters. The summed E-state index contributed by atoms with van der Waals surface area (Å²) >= 11 is 5.96. The number of hydrogen-bond donors (Lipinski definition) is 1. The minimum atomic E-state index is -4.28. The molecule has 1 aromatic carbocycles. The van der Waals surface area contributed by atoms with Gasteiger partial charge in [-0.1, -0.05) is 11.6 Å². The van der Waals surface area contributed by atoms with Gasteiger partial charge in [0, 0.05) is 32.2 Å². The lowest BCUT2D eigenvalue weighted by Crippen LogP contribution is -2.54. The first kappa shape index (κ1) is 24.9. The molecule has 0 saturated carbocycles. The maximum Gasteiger partial charge on any atom is 0.403 e. The van der Waals surface area contributed by atoms with Crippen molar-refractivity contribution in [2.45, 2.75) is 19.1 Å². The number of halogens is 6. The molecule has 0 aliphatic carbocycles. The first-order chi connectivity index (χ1) is 11.1. The highest BCUT2D eigenvalue weighted by molar-refractivity contribution is 6.33. The second-order valence-electron chi connectivity index (χ2n) is 5.62. The van der Waals surface area contributed by atoms with E-state index in [0.717, 1.165) is 6.92 Å². The zero-order valence-electron chi connectivity index (χ0n) is 14.2. The third-order valence-corrected chi connectivity index (χ3v) is 4.50. The first-order valence-corrected chi connectivity index (χ1v) is 7.76. The van der Waals surface area contributed by atoms with E-state index in [-0.39, 0.29) is 78.9 Å². The Bertz CT molecular complexity index is 624. The fourth-order valence-electron chi connectivity index (χ4n) is 2.59. The Labute approximate surface area is 167 Å². The molecular formula is C15H21Cl3F3N3O2. The predicted molar refractivity (Wildman–Crippen MR) is 99.9 cm³/mol. The molecule has 0 aromatic heterocycles. The SMILES string of the molecule is COc1cc(N)c(Cl)cc1C(=O)N1CCN(C(C)C(F)(F)F)CC1.Cl.Cl. The molecule has 2 rings (SSSR count). The normalized spacial score (nSPS) is 16.3. The van der Waals surface area contributed by atoms with E-state index in [1.54, 1.807) is 0 Å². The predicted octanol–water partition coefficient (Wildman–Crippen LogP) is 3.48. The van der Waals surface area contributed by atoms with E-state index in [1.165, 1.54) is 29.0 Å². The minimum Gasteiger partial charge on any atom is -0.496 e. The van der Waals surface area contributed by atoms with E-state index in [0.29, 0.717) is 0 Å². The van der Waals surface area contributed by atoms with Gasteiger partial charge in [0.05, 0.1) is 23.4 Å². The smallest absolute Gasteiger partial charge is 0.403 e. The molecule has 1 fully saturated rings. The lowest BCUT2D eigenvalue weighted by Gasteiger charge is -2.38. The van der Waals surface area contributed by atoms with Gasteiger partial charge >= 0.3 is 6.18 Å². The van der Waals surface area contributed by atoms with Crippen LogP contribution in [0, 0.1) is 0 Å². The molecular weight excluding hydrogens is 418 g/mol. The number of carbonyl (C=O) groups is 1. The fraction of sp³-hybridized carbons (Fsp3) is 0.533. The number of methoxy groups -OCH3 is 1. The van der Waals surface area contributed by atoms with Gasteiger partial charge in [0.25, 0.3) is 5.91 Å². The van der Waals surface area contributed by atoms with Crippen molar-refractivity contribution in [3.63, 3.8) is 0 Å². The molecule has 1 aliphatic heterocycles. The average Bonchev–Trinajstić information content (AvgIpc) is 2.55. The number of benzene rings is 1. The molecule has 1 saturated heterocycles. The summed E-state index contributed by atoms with van der Waals surface area (Å²) in [5, 5.41) is 0.225. The van der Waals surface area contributed by atoms with Crippen LogP contribution in [-0.4, -0.2) is 61.2 Å². The maximum absolute atomic E-state index is 12.8. The van der Waals surface area contributed by atoms with Crippen molar-refractivity contribution in [2.24, 2.45) is 0 Å². The highest BCUT2D eigenvalue weighted by Gasteiger charge is 2.41. The van der Waals surface area contributed by atoms with E-state index < -0.39 is 12.2 Å². The number of anilines is 1. The number of hydrogen-bond acceptors (Lipinski definition) is 4. The number of rotatable bonds is 3. The van der Waals surface area contributed by atoms with Gasteiger partial charge in [0.15, 0.2) is 0 Å². The van der Waals surface area contributed by atoms with Crippen molar-refractivity contribution in [2.75, 3.05) is 39.0 Å². The summed E-state index contributed by atoms with van der Waals surface area (Å²) in [5.74, 6) is -0.0546. The van der Waals surface area contributed by atoms with Gasteiger partial charge < -0.3 is 15.4 Å². The average molecular weight is 439 g/mol. The first-order valence-electron chi connectivity index (χ1n) is 7.38. The topological polar surface area (TPSA) is 58.8 Å². The van der Waals surface area contributed by atoms with Crippen LogP contribution in [0.5, 0.6) is 5.75 Å². The zero-order chi connectivity index (χ0) is 18.1. The molecule has 0 bridgehead atoms. The monoisotopic (exact) mass is 437 g/mol. The highest BCUT2D eigenvalue weighted by Crippen LogP contribution is 2.30. The van der Waals surface area contributed by atoms with Gasteiger partial charge in [-0.15, -0.1) is 24.8 Å². The number of nitrogen functional groups attached to an aromatic ring is 1. The zero-order valence-corrected chi connectivity index (χ0v) is 16.6. The number of amides is 1. The molecule has 11 heteroatoms. The number of carbonyl (C=O) groups excluding carboxylic acids is 1. The van der Waals surface area contributed by atoms with Gasteiger partial charge in [-0.25, -0.2) is 0 Å². The Morgan fingerprint density at radius 3 is 2.23 bits per heavy atom. The molecule has 0 spiro atoms. The van der Waals surface area contributed by atoms with Crippen molar-refractivity contribution < 1.29 is 22.7 Å². The Morgan fingerprint density at radius 2 is 1.77 bits per heavy atom. The summed E-state index contributed by atoms with van der Waals surface area (Å²) in [6.07, 6.45) is -4.28. The Balaban J connectivity index is 0.00000312. The van der Waals surface area contributed by atoms with Crippen molar-refractivity contribution in [3.8, 4) is 5.75 Å². The molecule has 150 valence electrons. The van der Waals surface area contributed by atoms with Gasteiger partial charge in [0.1, 0.15) is 11.8 Å². The molecule has 26 heavy (non-hydrogen) atoms. The van der Waals surface area contributed by atoms with Gasteiger partial charge in [-0.3, -0.25) is 9.69 Å². The highest BCUT2D eigenvalue weighted by atomic mass is 35.5. The summed E-state index contributed by atoms with van der Waals surface area (Å²) in [5.41, 5.74) is 6.22. The maximum atomic E-state index is 12.8. The van der Waals surface area contributed by atoms with Crippen molar-refractivity contribution in [3.05, 3.63) is 22.7 Å². The summed E-state index contributed by atoms with van der Waals surface area (Å²) in [6, 6.07) is 1.34. The van der Waals surface area contributed by atoms with Crippen LogP contribution in [0.25, 0.3) is 0 Å². The van der Waals surface area contributed by atoms with E-state index in [9.17, 15) is 18.0 Å².